The van der Waals surface area contributed by atoms with Crippen LogP contribution in [-0.4, -0.2) is 57.9 Å². The van der Waals surface area contributed by atoms with Gasteiger partial charge in [0.05, 0.1) is 24.4 Å². The lowest BCUT2D eigenvalue weighted by atomic mass is 9.84. The van der Waals surface area contributed by atoms with Gasteiger partial charge < -0.3 is 29.9 Å². The lowest BCUT2D eigenvalue weighted by Crippen LogP contribution is -2.46. The van der Waals surface area contributed by atoms with Crippen LogP contribution in [0.4, 0.5) is 0 Å². The maximum atomic E-state index is 12.4. The van der Waals surface area contributed by atoms with Crippen molar-refractivity contribution in [3.63, 3.8) is 0 Å². The van der Waals surface area contributed by atoms with E-state index in [0.29, 0.717) is 50.2 Å². The number of aliphatic hydroxyl groups excluding tert-OH is 1. The van der Waals surface area contributed by atoms with E-state index in [4.69, 9.17) is 26.3 Å². The molecular formula is C38H48ClN3O7. The Hall–Kier alpha value is -3.35. The summed E-state index contributed by atoms with van der Waals surface area (Å²) in [5.41, 5.74) is 5.39. The predicted octanol–water partition coefficient (Wildman–Crippen LogP) is 5.82. The quantitative estimate of drug-likeness (QED) is 0.0762. The summed E-state index contributed by atoms with van der Waals surface area (Å²) in [5.74, 6) is -0.403. The van der Waals surface area contributed by atoms with Crippen molar-refractivity contribution in [1.29, 1.82) is 0 Å². The highest BCUT2D eigenvalue weighted by Gasteiger charge is 2.37. The van der Waals surface area contributed by atoms with Crippen LogP contribution in [0.3, 0.4) is 0 Å². The maximum Gasteiger partial charge on any atom is 0.243 e. The van der Waals surface area contributed by atoms with Crippen molar-refractivity contribution in [2.75, 3.05) is 19.6 Å². The van der Waals surface area contributed by atoms with Crippen LogP contribution >= 0.6 is 11.6 Å². The molecule has 0 spiro atoms. The number of piperidine rings is 1. The first kappa shape index (κ1) is 36.9. The third kappa shape index (κ3) is 10.8. The predicted molar refractivity (Wildman–Crippen MR) is 185 cm³/mol. The molecule has 5 rings (SSSR count). The van der Waals surface area contributed by atoms with Gasteiger partial charge in [-0.15, -0.1) is 0 Å². The summed E-state index contributed by atoms with van der Waals surface area (Å²) in [5, 5.41) is 33.1. The van der Waals surface area contributed by atoms with Crippen LogP contribution in [-0.2, 0) is 37.8 Å². The molecule has 264 valence electrons. The van der Waals surface area contributed by atoms with E-state index in [9.17, 15) is 19.8 Å². The second-order valence-electron chi connectivity index (χ2n) is 13.2. The van der Waals surface area contributed by atoms with Crippen LogP contribution < -0.4 is 10.8 Å². The minimum Gasteiger partial charge on any atom is -0.392 e. The molecule has 5 N–H and O–H groups in total. The summed E-state index contributed by atoms with van der Waals surface area (Å²) in [6.45, 7) is 2.60. The van der Waals surface area contributed by atoms with E-state index in [1.807, 2.05) is 72.8 Å². The Morgan fingerprint density at radius 3 is 2.06 bits per heavy atom. The first-order chi connectivity index (χ1) is 23.7. The molecular weight excluding hydrogens is 646 g/mol. The van der Waals surface area contributed by atoms with Gasteiger partial charge in [-0.05, 0) is 60.1 Å². The van der Waals surface area contributed by atoms with Crippen LogP contribution in [0.2, 0.25) is 5.02 Å². The number of likely N-dealkylation sites (tertiary alicyclic amines) is 1. The normalized spacial score (nSPS) is 20.9. The summed E-state index contributed by atoms with van der Waals surface area (Å²) in [7, 11) is 0. The molecule has 2 saturated heterocycles. The number of amides is 2. The van der Waals surface area contributed by atoms with Crippen molar-refractivity contribution in [1.82, 2.24) is 15.7 Å². The first-order valence-electron chi connectivity index (χ1n) is 17.2. The molecule has 49 heavy (non-hydrogen) atoms. The van der Waals surface area contributed by atoms with Gasteiger partial charge in [0.25, 0.3) is 0 Å². The van der Waals surface area contributed by atoms with Crippen LogP contribution in [0.25, 0.3) is 0 Å². The number of benzene rings is 3. The summed E-state index contributed by atoms with van der Waals surface area (Å²) in [6, 6.07) is 23.2. The number of halogens is 1. The Morgan fingerprint density at radius 2 is 1.43 bits per heavy atom. The highest BCUT2D eigenvalue weighted by atomic mass is 35.5. The third-order valence-corrected chi connectivity index (χ3v) is 9.82. The van der Waals surface area contributed by atoms with Gasteiger partial charge in [0, 0.05) is 56.0 Å². The van der Waals surface area contributed by atoms with E-state index in [2.05, 4.69) is 10.2 Å². The minimum atomic E-state index is -0.875. The Labute approximate surface area is 293 Å². The Morgan fingerprint density at radius 1 is 0.816 bits per heavy atom. The molecule has 0 radical (unpaired) electrons. The first-order valence-corrected chi connectivity index (χ1v) is 17.6. The summed E-state index contributed by atoms with van der Waals surface area (Å²) in [4.78, 5) is 25.8. The van der Waals surface area contributed by atoms with E-state index in [0.717, 1.165) is 60.2 Å². The van der Waals surface area contributed by atoms with Crippen LogP contribution in [0.5, 0.6) is 0 Å². The van der Waals surface area contributed by atoms with Gasteiger partial charge in [-0.25, -0.2) is 5.48 Å². The van der Waals surface area contributed by atoms with Gasteiger partial charge in [0.2, 0.25) is 11.8 Å². The maximum absolute atomic E-state index is 12.4. The van der Waals surface area contributed by atoms with Gasteiger partial charge >= 0.3 is 0 Å². The number of nitrogens with one attached hydrogen (secondary N) is 2. The van der Waals surface area contributed by atoms with Crippen molar-refractivity contribution in [3.05, 3.63) is 106 Å². The van der Waals surface area contributed by atoms with E-state index < -0.39 is 11.9 Å². The molecule has 2 amide bonds. The summed E-state index contributed by atoms with van der Waals surface area (Å²) < 4.78 is 13.1. The molecule has 10 nitrogen and oxygen atoms in total. The minimum absolute atomic E-state index is 0.0154. The molecule has 0 aromatic heterocycles. The van der Waals surface area contributed by atoms with Gasteiger partial charge in [-0.2, -0.15) is 0 Å². The zero-order valence-corrected chi connectivity index (χ0v) is 28.6. The second-order valence-corrected chi connectivity index (χ2v) is 13.6. The molecule has 0 saturated carbocycles. The van der Waals surface area contributed by atoms with Crippen LogP contribution in [0.15, 0.2) is 72.8 Å². The molecule has 3 atom stereocenters. The molecule has 0 aliphatic carbocycles. The second kappa shape index (κ2) is 18.1. The van der Waals surface area contributed by atoms with Gasteiger partial charge in [-0.1, -0.05) is 85.1 Å². The molecule has 3 aromatic rings. The average molecular weight is 694 g/mol. The van der Waals surface area contributed by atoms with Crippen LogP contribution in [0, 0.1) is 0 Å². The van der Waals surface area contributed by atoms with Crippen molar-refractivity contribution in [2.45, 2.75) is 95.0 Å². The van der Waals surface area contributed by atoms with E-state index in [1.165, 1.54) is 0 Å². The van der Waals surface area contributed by atoms with Gasteiger partial charge in [-0.3, -0.25) is 14.8 Å². The molecule has 2 heterocycles. The number of hydroxylamine groups is 1. The largest absolute Gasteiger partial charge is 0.392 e. The highest BCUT2D eigenvalue weighted by Crippen LogP contribution is 2.39. The monoisotopic (exact) mass is 693 g/mol. The summed E-state index contributed by atoms with van der Waals surface area (Å²) in [6.07, 6.45) is 4.85. The van der Waals surface area contributed by atoms with Gasteiger partial charge in [0.1, 0.15) is 0 Å². The number of carbonyl (C=O) groups excluding carboxylic acids is 2. The number of carbonyl (C=O) groups is 2. The zero-order valence-electron chi connectivity index (χ0n) is 27.9. The average Bonchev–Trinajstić information content (AvgIpc) is 3.13. The molecule has 2 aliphatic heterocycles. The number of rotatable bonds is 15. The van der Waals surface area contributed by atoms with Crippen LogP contribution in [0.1, 0.15) is 98.0 Å². The van der Waals surface area contributed by atoms with Crippen molar-refractivity contribution in [2.24, 2.45) is 0 Å². The lowest BCUT2D eigenvalue weighted by Gasteiger charge is -2.42. The fourth-order valence-electron chi connectivity index (χ4n) is 6.54. The number of hydrogen-bond acceptors (Lipinski definition) is 8. The van der Waals surface area contributed by atoms with Crippen molar-refractivity contribution >= 4 is 23.4 Å². The standard InChI is InChI=1S/C38H48ClN3O7/c39-32-17-15-31(16-18-32)38(46)19-21-42(22-20-38)25-33-23-34(29-11-9-28(26-43)10-12-29)49-37(48-33)30-13-7-27(8-14-30)24-40-35(44)5-3-1-2-4-6-36(45)41-47/h7-18,33-34,37,43,46-47H,1-6,19-26H2,(H,40,44)(H,41,45)/t33-,34+,37+/m1/s1. The topological polar surface area (TPSA) is 141 Å². The third-order valence-electron chi connectivity index (χ3n) is 9.57. The van der Waals surface area contributed by atoms with E-state index in [1.54, 1.807) is 5.48 Å². The van der Waals surface area contributed by atoms with Crippen molar-refractivity contribution < 1.29 is 34.5 Å². The summed E-state index contributed by atoms with van der Waals surface area (Å²) >= 11 is 6.07. The molecule has 11 heteroatoms. The Balaban J connectivity index is 1.15. The molecule has 2 fully saturated rings. The molecule has 3 aromatic carbocycles. The van der Waals surface area contributed by atoms with E-state index in [-0.39, 0.29) is 37.0 Å². The fraction of sp³-hybridized carbons (Fsp3) is 0.474. The number of unbranched alkanes of at least 4 members (excludes halogenated alkanes) is 3. The van der Waals surface area contributed by atoms with Gasteiger partial charge in [0.15, 0.2) is 6.29 Å². The fourth-order valence-corrected chi connectivity index (χ4v) is 6.66. The molecule has 0 unspecified atom stereocenters. The van der Waals surface area contributed by atoms with E-state index >= 15 is 0 Å². The number of aliphatic hydroxyl groups is 2. The zero-order chi connectivity index (χ0) is 34.6. The van der Waals surface area contributed by atoms with Crippen molar-refractivity contribution in [3.8, 4) is 0 Å². The molecule has 0 bridgehead atoms. The number of nitrogens with zero attached hydrogens (tertiary/aromatic N) is 1. The Bertz CT molecular complexity index is 1480. The lowest BCUT2D eigenvalue weighted by molar-refractivity contribution is -0.253. The SMILES string of the molecule is O=C(CCCCCCC(=O)NCc1ccc([C@H]2O[C@@H](CN3CCC(O)(c4ccc(Cl)cc4)CC3)C[C@@H](c3ccc(CO)cc3)O2)cc1)NO. The smallest absolute Gasteiger partial charge is 0.243 e. The number of hydrogen-bond donors (Lipinski definition) is 5. The molecule has 2 aliphatic rings. The Kier molecular flexibility index (Phi) is 13.6. The number of ether oxygens (including phenoxy) is 2. The highest BCUT2D eigenvalue weighted by molar-refractivity contribution is 6.30.